The van der Waals surface area contributed by atoms with Gasteiger partial charge in [-0.1, -0.05) is 12.1 Å². The number of morpholine rings is 1. The monoisotopic (exact) mass is 333 g/mol. The van der Waals surface area contributed by atoms with Crippen LogP contribution >= 0.6 is 0 Å². The molecule has 3 N–H and O–H groups in total. The molecule has 2 rings (SSSR count). The maximum atomic E-state index is 12.2. The molecule has 7 nitrogen and oxygen atoms in total. The molecule has 1 heterocycles. The van der Waals surface area contributed by atoms with Gasteiger partial charge in [0.25, 0.3) is 5.91 Å². The first kappa shape index (κ1) is 18.2. The molecule has 1 aromatic rings. The van der Waals surface area contributed by atoms with E-state index in [0.717, 1.165) is 25.2 Å². The van der Waals surface area contributed by atoms with Crippen LogP contribution in [-0.4, -0.2) is 75.2 Å². The van der Waals surface area contributed by atoms with Crippen LogP contribution in [0.1, 0.15) is 15.9 Å². The largest absolute Gasteiger partial charge is 0.378 e. The molecule has 1 aromatic carbocycles. The highest BCUT2D eigenvalue weighted by Crippen LogP contribution is 2.07. The summed E-state index contributed by atoms with van der Waals surface area (Å²) in [4.78, 5) is 20.6. The van der Waals surface area contributed by atoms with Crippen LogP contribution in [0.15, 0.2) is 29.3 Å². The van der Waals surface area contributed by atoms with Gasteiger partial charge in [0, 0.05) is 31.7 Å². The van der Waals surface area contributed by atoms with Crippen LogP contribution in [0.2, 0.25) is 0 Å². The summed E-state index contributed by atoms with van der Waals surface area (Å²) in [7, 11) is 3.95. The van der Waals surface area contributed by atoms with Gasteiger partial charge in [-0.3, -0.25) is 4.79 Å². The van der Waals surface area contributed by atoms with E-state index in [4.69, 9.17) is 10.5 Å². The molecule has 1 fully saturated rings. The van der Waals surface area contributed by atoms with E-state index >= 15 is 0 Å². The van der Waals surface area contributed by atoms with Gasteiger partial charge in [-0.15, -0.1) is 0 Å². The van der Waals surface area contributed by atoms with Gasteiger partial charge < -0.3 is 25.6 Å². The Morgan fingerprint density at radius 1 is 1.38 bits per heavy atom. The van der Waals surface area contributed by atoms with Gasteiger partial charge in [0.2, 0.25) is 0 Å². The van der Waals surface area contributed by atoms with E-state index in [9.17, 15) is 4.79 Å². The number of nitrogens with two attached hydrogens (primary N) is 1. The number of carbonyl (C=O) groups is 1. The fraction of sp³-hybridized carbons (Fsp3) is 0.529. The van der Waals surface area contributed by atoms with Crippen molar-refractivity contribution in [2.45, 2.75) is 6.54 Å². The molecule has 0 unspecified atom stereocenters. The van der Waals surface area contributed by atoms with Gasteiger partial charge in [-0.2, -0.15) is 0 Å². The molecule has 1 aliphatic heterocycles. The van der Waals surface area contributed by atoms with E-state index < -0.39 is 0 Å². The van der Waals surface area contributed by atoms with Crippen molar-refractivity contribution in [3.63, 3.8) is 0 Å². The summed E-state index contributed by atoms with van der Waals surface area (Å²) in [5.74, 6) is 0.461. The maximum Gasteiger partial charge on any atom is 0.251 e. The minimum Gasteiger partial charge on any atom is -0.378 e. The molecular formula is C17H27N5O2. The molecule has 0 radical (unpaired) electrons. The van der Waals surface area contributed by atoms with E-state index in [1.54, 1.807) is 0 Å². The van der Waals surface area contributed by atoms with Crippen molar-refractivity contribution in [3.8, 4) is 0 Å². The van der Waals surface area contributed by atoms with Crippen LogP contribution < -0.4 is 11.1 Å². The molecule has 1 saturated heterocycles. The highest BCUT2D eigenvalue weighted by Gasteiger charge is 2.12. The first-order valence-electron chi connectivity index (χ1n) is 8.21. The zero-order chi connectivity index (χ0) is 17.4. The summed E-state index contributed by atoms with van der Waals surface area (Å²) >= 11 is 0. The van der Waals surface area contributed by atoms with Gasteiger partial charge in [0.15, 0.2) is 5.96 Å². The number of aliphatic imine (C=N–C) groups is 1. The Kier molecular flexibility index (Phi) is 7.02. The van der Waals surface area contributed by atoms with Gasteiger partial charge in [0.1, 0.15) is 0 Å². The molecule has 0 saturated carbocycles. The van der Waals surface area contributed by atoms with Gasteiger partial charge >= 0.3 is 0 Å². The van der Waals surface area contributed by atoms with E-state index in [1.807, 2.05) is 48.2 Å². The molecule has 24 heavy (non-hydrogen) atoms. The predicted octanol–water partition coefficient (Wildman–Crippen LogP) is 0.125. The SMILES string of the molecule is CN(C)CCNC(=O)c1cccc(CN=C(N)N2CCOCC2)c1. The van der Waals surface area contributed by atoms with E-state index in [2.05, 4.69) is 10.3 Å². The lowest BCUT2D eigenvalue weighted by Gasteiger charge is -2.27. The van der Waals surface area contributed by atoms with Crippen LogP contribution in [0.4, 0.5) is 0 Å². The molecule has 0 spiro atoms. The van der Waals surface area contributed by atoms with E-state index in [-0.39, 0.29) is 5.91 Å². The van der Waals surface area contributed by atoms with Crippen LogP contribution in [-0.2, 0) is 11.3 Å². The highest BCUT2D eigenvalue weighted by molar-refractivity contribution is 5.94. The summed E-state index contributed by atoms with van der Waals surface area (Å²) in [5.41, 5.74) is 7.63. The number of nitrogens with one attached hydrogen (secondary N) is 1. The second-order valence-electron chi connectivity index (χ2n) is 6.03. The van der Waals surface area contributed by atoms with Crippen LogP contribution in [0.3, 0.4) is 0 Å². The van der Waals surface area contributed by atoms with Gasteiger partial charge in [-0.05, 0) is 31.8 Å². The minimum atomic E-state index is -0.0659. The predicted molar refractivity (Wildman–Crippen MR) is 95.0 cm³/mol. The van der Waals surface area contributed by atoms with Crippen molar-refractivity contribution in [1.29, 1.82) is 0 Å². The number of rotatable bonds is 6. The third kappa shape index (κ3) is 5.82. The summed E-state index contributed by atoms with van der Waals surface area (Å²) in [5, 5.41) is 2.91. The third-order valence-corrected chi connectivity index (χ3v) is 3.79. The van der Waals surface area contributed by atoms with Crippen molar-refractivity contribution < 1.29 is 9.53 Å². The van der Waals surface area contributed by atoms with E-state index in [0.29, 0.717) is 37.8 Å². The molecular weight excluding hydrogens is 306 g/mol. The number of ether oxygens (including phenoxy) is 1. The Morgan fingerprint density at radius 2 is 2.12 bits per heavy atom. The first-order chi connectivity index (χ1) is 11.6. The zero-order valence-electron chi connectivity index (χ0n) is 14.5. The lowest BCUT2D eigenvalue weighted by molar-refractivity contribution is 0.0674. The number of carbonyl (C=O) groups excluding carboxylic acids is 1. The number of guanidine groups is 1. The Morgan fingerprint density at radius 3 is 2.83 bits per heavy atom. The van der Waals surface area contributed by atoms with Gasteiger partial charge in [-0.25, -0.2) is 4.99 Å². The molecule has 132 valence electrons. The summed E-state index contributed by atoms with van der Waals surface area (Å²) in [6.07, 6.45) is 0. The van der Waals surface area contributed by atoms with Crippen molar-refractivity contribution in [2.75, 3.05) is 53.5 Å². The molecule has 1 aliphatic rings. The average molecular weight is 333 g/mol. The Balaban J connectivity index is 1.90. The van der Waals surface area contributed by atoms with Crippen molar-refractivity contribution in [1.82, 2.24) is 15.1 Å². The number of benzene rings is 1. The molecule has 0 bridgehead atoms. The molecule has 0 atom stereocenters. The normalized spacial score (nSPS) is 15.6. The average Bonchev–Trinajstić information content (AvgIpc) is 2.60. The number of amides is 1. The molecule has 7 heteroatoms. The first-order valence-corrected chi connectivity index (χ1v) is 8.21. The van der Waals surface area contributed by atoms with Crippen LogP contribution in [0.5, 0.6) is 0 Å². The molecule has 0 aromatic heterocycles. The fourth-order valence-corrected chi connectivity index (χ4v) is 2.37. The number of nitrogens with zero attached hydrogens (tertiary/aromatic N) is 3. The maximum absolute atomic E-state index is 12.2. The molecule has 1 amide bonds. The minimum absolute atomic E-state index is 0.0659. The molecule has 0 aliphatic carbocycles. The fourth-order valence-electron chi connectivity index (χ4n) is 2.37. The zero-order valence-corrected chi connectivity index (χ0v) is 14.5. The number of hydrogen-bond acceptors (Lipinski definition) is 4. The summed E-state index contributed by atoms with van der Waals surface area (Å²) < 4.78 is 5.30. The highest BCUT2D eigenvalue weighted by atomic mass is 16.5. The van der Waals surface area contributed by atoms with Crippen LogP contribution in [0, 0.1) is 0 Å². The second-order valence-corrected chi connectivity index (χ2v) is 6.03. The topological polar surface area (TPSA) is 83.2 Å². The Bertz CT molecular complexity index is 568. The lowest BCUT2D eigenvalue weighted by Crippen LogP contribution is -2.44. The van der Waals surface area contributed by atoms with Crippen molar-refractivity contribution >= 4 is 11.9 Å². The summed E-state index contributed by atoms with van der Waals surface area (Å²) in [6.45, 7) is 4.79. The van der Waals surface area contributed by atoms with Crippen molar-refractivity contribution in [3.05, 3.63) is 35.4 Å². The number of hydrogen-bond donors (Lipinski definition) is 2. The second kappa shape index (κ2) is 9.24. The van der Waals surface area contributed by atoms with E-state index in [1.165, 1.54) is 0 Å². The number of likely N-dealkylation sites (N-methyl/N-ethyl adjacent to an activating group) is 1. The standard InChI is InChI=1S/C17H27N5O2/c1-21(2)7-6-19-16(23)15-5-3-4-14(12-15)13-20-17(18)22-8-10-24-11-9-22/h3-5,12H,6-11,13H2,1-2H3,(H2,18,20)(H,19,23). The Hall–Kier alpha value is -2.12. The van der Waals surface area contributed by atoms with Crippen molar-refractivity contribution in [2.24, 2.45) is 10.7 Å². The summed E-state index contributed by atoms with van der Waals surface area (Å²) in [6, 6.07) is 7.49. The third-order valence-electron chi connectivity index (χ3n) is 3.79. The van der Waals surface area contributed by atoms with Gasteiger partial charge in [0.05, 0.1) is 19.8 Å². The Labute approximate surface area is 143 Å². The van der Waals surface area contributed by atoms with Crippen LogP contribution in [0.25, 0.3) is 0 Å². The smallest absolute Gasteiger partial charge is 0.251 e. The lowest BCUT2D eigenvalue weighted by atomic mass is 10.1. The quantitative estimate of drug-likeness (QED) is 0.571.